The molecule has 0 radical (unpaired) electrons. The van der Waals surface area contributed by atoms with E-state index in [0.717, 1.165) is 17.1 Å². The van der Waals surface area contributed by atoms with Crippen LogP contribution in [0, 0.1) is 0 Å². The van der Waals surface area contributed by atoms with Crippen LogP contribution in [0.5, 0.6) is 0 Å². The van der Waals surface area contributed by atoms with Gasteiger partial charge in [-0.25, -0.2) is 0 Å². The average molecular weight is 314 g/mol. The Bertz CT molecular complexity index is 415. The summed E-state index contributed by atoms with van der Waals surface area (Å²) in [5, 5.41) is 4.14. The van der Waals surface area contributed by atoms with E-state index in [1.165, 1.54) is 0 Å². The summed E-state index contributed by atoms with van der Waals surface area (Å²) in [7, 11) is 0. The minimum atomic E-state index is -0.139. The second-order valence-electron chi connectivity index (χ2n) is 6.40. The van der Waals surface area contributed by atoms with Crippen molar-refractivity contribution < 1.29 is 9.47 Å². The number of hydrogen-bond donors (Lipinski definition) is 1. The number of rotatable bonds is 8. The van der Waals surface area contributed by atoms with E-state index in [-0.39, 0.29) is 11.7 Å². The summed E-state index contributed by atoms with van der Waals surface area (Å²) in [6.07, 6.45) is -0.0651. The van der Waals surface area contributed by atoms with Gasteiger partial charge in [-0.2, -0.15) is 0 Å². The maximum absolute atomic E-state index is 6.28. The van der Waals surface area contributed by atoms with Crippen molar-refractivity contribution in [2.45, 2.75) is 52.4 Å². The lowest BCUT2D eigenvalue weighted by molar-refractivity contribution is -0.0521. The van der Waals surface area contributed by atoms with Gasteiger partial charge < -0.3 is 14.8 Å². The molecule has 0 aromatic heterocycles. The minimum Gasteiger partial charge on any atom is -0.373 e. The number of hydrogen-bond acceptors (Lipinski definition) is 3. The number of halogens is 1. The average Bonchev–Trinajstić information content (AvgIpc) is 2.37. The van der Waals surface area contributed by atoms with Crippen LogP contribution in [0.15, 0.2) is 24.3 Å². The molecular formula is C17H28ClNO2. The van der Waals surface area contributed by atoms with Crippen molar-refractivity contribution in [3.05, 3.63) is 34.9 Å². The molecule has 21 heavy (non-hydrogen) atoms. The lowest BCUT2D eigenvalue weighted by atomic mass is 10.1. The van der Waals surface area contributed by atoms with Crippen molar-refractivity contribution in [1.82, 2.24) is 5.32 Å². The third-order valence-corrected chi connectivity index (χ3v) is 3.25. The Kier molecular flexibility index (Phi) is 7.67. The van der Waals surface area contributed by atoms with Crippen LogP contribution in [0.4, 0.5) is 0 Å². The van der Waals surface area contributed by atoms with Crippen LogP contribution in [0.1, 0.15) is 46.3 Å². The number of ether oxygens (including phenoxy) is 2. The highest BCUT2D eigenvalue weighted by atomic mass is 35.5. The van der Waals surface area contributed by atoms with Gasteiger partial charge in [0.05, 0.1) is 24.9 Å². The van der Waals surface area contributed by atoms with E-state index in [4.69, 9.17) is 21.1 Å². The first-order chi connectivity index (χ1) is 9.79. The van der Waals surface area contributed by atoms with Crippen molar-refractivity contribution in [2.75, 3.05) is 19.8 Å². The lowest BCUT2D eigenvalue weighted by Crippen LogP contribution is -2.30. The molecule has 0 spiro atoms. The normalized spacial score (nSPS) is 13.7. The van der Waals surface area contributed by atoms with Crippen LogP contribution in [-0.2, 0) is 9.47 Å². The Morgan fingerprint density at radius 3 is 2.38 bits per heavy atom. The van der Waals surface area contributed by atoms with Crippen molar-refractivity contribution >= 4 is 11.6 Å². The summed E-state index contributed by atoms with van der Waals surface area (Å²) in [4.78, 5) is 0. The number of nitrogens with one attached hydrogen (secondary N) is 1. The van der Waals surface area contributed by atoms with E-state index in [2.05, 4.69) is 19.2 Å². The highest BCUT2D eigenvalue weighted by molar-refractivity contribution is 6.31. The van der Waals surface area contributed by atoms with E-state index in [0.29, 0.717) is 19.3 Å². The van der Waals surface area contributed by atoms with E-state index >= 15 is 0 Å². The van der Waals surface area contributed by atoms with E-state index in [1.54, 1.807) is 0 Å². The molecule has 120 valence electrons. The summed E-state index contributed by atoms with van der Waals surface area (Å²) in [5.74, 6) is 0. The van der Waals surface area contributed by atoms with Crippen molar-refractivity contribution in [3.8, 4) is 0 Å². The van der Waals surface area contributed by atoms with E-state index < -0.39 is 0 Å². The summed E-state index contributed by atoms with van der Waals surface area (Å²) < 4.78 is 11.7. The quantitative estimate of drug-likeness (QED) is 0.729. The molecule has 4 heteroatoms. The van der Waals surface area contributed by atoms with Gasteiger partial charge in [0.25, 0.3) is 0 Å². The predicted octanol–water partition coefficient (Wildman–Crippen LogP) is 4.21. The van der Waals surface area contributed by atoms with E-state index in [9.17, 15) is 0 Å². The minimum absolute atomic E-state index is 0.0651. The summed E-state index contributed by atoms with van der Waals surface area (Å²) in [5.41, 5.74) is 0.877. The molecule has 0 amide bonds. The maximum atomic E-state index is 6.28. The molecule has 1 atom stereocenters. The summed E-state index contributed by atoms with van der Waals surface area (Å²) in [6, 6.07) is 8.23. The molecule has 1 aromatic rings. The molecule has 0 aliphatic rings. The highest BCUT2D eigenvalue weighted by Crippen LogP contribution is 2.25. The second-order valence-corrected chi connectivity index (χ2v) is 6.81. The standard InChI is InChI=1S/C17H28ClNO2/c1-13(2)19-12-16(14-8-6-7-9-15(14)18)20-10-11-21-17(3,4)5/h6-9,13,16,19H,10-12H2,1-5H3. The second kappa shape index (κ2) is 8.74. The molecule has 1 aromatic carbocycles. The fourth-order valence-electron chi connectivity index (χ4n) is 1.88. The first-order valence-corrected chi connectivity index (χ1v) is 7.91. The molecule has 0 aliphatic heterocycles. The summed E-state index contributed by atoms with van der Waals surface area (Å²) in [6.45, 7) is 12.2. The molecule has 0 aliphatic carbocycles. The van der Waals surface area contributed by atoms with Gasteiger partial charge in [0.2, 0.25) is 0 Å². The Hall–Kier alpha value is -0.610. The Morgan fingerprint density at radius 2 is 1.81 bits per heavy atom. The fourth-order valence-corrected chi connectivity index (χ4v) is 2.13. The predicted molar refractivity (Wildman–Crippen MR) is 89.0 cm³/mol. The zero-order valence-electron chi connectivity index (χ0n) is 13.8. The molecule has 0 bridgehead atoms. The smallest absolute Gasteiger partial charge is 0.0964 e. The van der Waals surface area contributed by atoms with Gasteiger partial charge in [0.15, 0.2) is 0 Å². The molecule has 0 heterocycles. The SMILES string of the molecule is CC(C)NCC(OCCOC(C)(C)C)c1ccccc1Cl. The molecule has 0 saturated carbocycles. The van der Waals surface area contributed by atoms with Crippen LogP contribution in [-0.4, -0.2) is 31.4 Å². The van der Waals surface area contributed by atoms with E-state index in [1.807, 2.05) is 45.0 Å². The van der Waals surface area contributed by atoms with Crippen molar-refractivity contribution in [3.63, 3.8) is 0 Å². The molecule has 1 N–H and O–H groups in total. The summed E-state index contributed by atoms with van der Waals surface area (Å²) >= 11 is 6.28. The van der Waals surface area contributed by atoms with Crippen LogP contribution >= 0.6 is 11.6 Å². The van der Waals surface area contributed by atoms with Gasteiger partial charge in [-0.05, 0) is 26.8 Å². The van der Waals surface area contributed by atoms with Crippen LogP contribution < -0.4 is 5.32 Å². The van der Waals surface area contributed by atoms with Crippen LogP contribution in [0.2, 0.25) is 5.02 Å². The van der Waals surface area contributed by atoms with Gasteiger partial charge in [-0.1, -0.05) is 43.6 Å². The topological polar surface area (TPSA) is 30.5 Å². The first-order valence-electron chi connectivity index (χ1n) is 7.53. The highest BCUT2D eigenvalue weighted by Gasteiger charge is 2.16. The third-order valence-electron chi connectivity index (χ3n) is 2.90. The van der Waals surface area contributed by atoms with Crippen LogP contribution in [0.25, 0.3) is 0 Å². The van der Waals surface area contributed by atoms with Gasteiger partial charge >= 0.3 is 0 Å². The first kappa shape index (κ1) is 18.4. The third kappa shape index (κ3) is 7.82. The fraction of sp³-hybridized carbons (Fsp3) is 0.647. The van der Waals surface area contributed by atoms with Crippen LogP contribution in [0.3, 0.4) is 0 Å². The molecule has 0 saturated heterocycles. The van der Waals surface area contributed by atoms with Gasteiger partial charge in [0.1, 0.15) is 0 Å². The van der Waals surface area contributed by atoms with Gasteiger partial charge in [-0.15, -0.1) is 0 Å². The molecule has 1 unspecified atom stereocenters. The van der Waals surface area contributed by atoms with Crippen molar-refractivity contribution in [2.24, 2.45) is 0 Å². The Morgan fingerprint density at radius 1 is 1.14 bits per heavy atom. The Labute approximate surface area is 134 Å². The Balaban J connectivity index is 2.59. The zero-order valence-corrected chi connectivity index (χ0v) is 14.5. The van der Waals surface area contributed by atoms with Gasteiger partial charge in [0, 0.05) is 23.2 Å². The van der Waals surface area contributed by atoms with Gasteiger partial charge in [-0.3, -0.25) is 0 Å². The molecule has 1 rings (SSSR count). The lowest BCUT2D eigenvalue weighted by Gasteiger charge is -2.23. The molecular weight excluding hydrogens is 286 g/mol. The molecule has 3 nitrogen and oxygen atoms in total. The maximum Gasteiger partial charge on any atom is 0.0964 e. The number of benzene rings is 1. The monoisotopic (exact) mass is 313 g/mol. The molecule has 0 fully saturated rings. The largest absolute Gasteiger partial charge is 0.373 e. The zero-order chi connectivity index (χ0) is 15.9. The van der Waals surface area contributed by atoms with Crippen molar-refractivity contribution in [1.29, 1.82) is 0 Å².